The molecule has 4 aromatic rings. The molecule has 0 aliphatic carbocycles. The van der Waals surface area contributed by atoms with Gasteiger partial charge in [-0.15, -0.1) is 0 Å². The summed E-state index contributed by atoms with van der Waals surface area (Å²) in [5.41, 5.74) is 5.06. The summed E-state index contributed by atoms with van der Waals surface area (Å²) in [6.45, 7) is 0. The molecule has 0 amide bonds. The van der Waals surface area contributed by atoms with Crippen molar-refractivity contribution in [3.05, 3.63) is 71.2 Å². The number of rotatable bonds is 1. The van der Waals surface area contributed by atoms with E-state index in [4.69, 9.17) is 0 Å². The Hall–Kier alpha value is -2.06. The van der Waals surface area contributed by atoms with Crippen molar-refractivity contribution >= 4 is 37.7 Å². The number of aromatic nitrogens is 1. The van der Waals surface area contributed by atoms with E-state index >= 15 is 0 Å². The van der Waals surface area contributed by atoms with Gasteiger partial charge in [0.25, 0.3) is 0 Å². The van der Waals surface area contributed by atoms with Gasteiger partial charge in [-0.1, -0.05) is 64.5 Å². The number of halogens is 1. The molecule has 0 radical (unpaired) electrons. The van der Waals surface area contributed by atoms with Gasteiger partial charge in [-0.25, -0.2) is 0 Å². The van der Waals surface area contributed by atoms with Gasteiger partial charge in [-0.05, 0) is 23.8 Å². The van der Waals surface area contributed by atoms with Crippen LogP contribution in [0.25, 0.3) is 32.9 Å². The first-order chi connectivity index (χ1) is 10.3. The molecule has 0 aliphatic heterocycles. The highest BCUT2D eigenvalue weighted by Gasteiger charge is 2.13. The van der Waals surface area contributed by atoms with Crippen molar-refractivity contribution in [1.29, 1.82) is 0 Å². The van der Waals surface area contributed by atoms with Gasteiger partial charge in [-0.3, -0.25) is 0 Å². The van der Waals surface area contributed by atoms with Gasteiger partial charge in [0.05, 0.1) is 5.52 Å². The minimum Gasteiger partial charge on any atom is -0.343 e. The van der Waals surface area contributed by atoms with Gasteiger partial charge in [0, 0.05) is 33.4 Å². The largest absolute Gasteiger partial charge is 0.343 e. The summed E-state index contributed by atoms with van der Waals surface area (Å²) in [5, 5.41) is 2.59. The van der Waals surface area contributed by atoms with Crippen molar-refractivity contribution in [2.45, 2.75) is 0 Å². The molecular weight excluding hydrogens is 322 g/mol. The molecule has 0 atom stereocenters. The molecule has 1 aromatic heterocycles. The minimum absolute atomic E-state index is 1.12. The summed E-state index contributed by atoms with van der Waals surface area (Å²) in [6.07, 6.45) is 0. The van der Waals surface area contributed by atoms with Crippen LogP contribution in [-0.2, 0) is 7.05 Å². The predicted molar refractivity (Wildman–Crippen MR) is 93.6 cm³/mol. The van der Waals surface area contributed by atoms with Crippen LogP contribution in [0.1, 0.15) is 0 Å². The molecule has 0 N–H and O–H groups in total. The van der Waals surface area contributed by atoms with Gasteiger partial charge in [-0.2, -0.15) is 0 Å². The molecule has 0 unspecified atom stereocenters. The normalized spacial score (nSPS) is 11.3. The summed E-state index contributed by atoms with van der Waals surface area (Å²) in [5.74, 6) is 0. The average molecular weight is 336 g/mol. The van der Waals surface area contributed by atoms with Crippen molar-refractivity contribution in [2.75, 3.05) is 0 Å². The quantitative estimate of drug-likeness (QED) is 0.416. The van der Waals surface area contributed by atoms with Crippen molar-refractivity contribution in [3.63, 3.8) is 0 Å². The minimum atomic E-state index is 1.12. The van der Waals surface area contributed by atoms with Gasteiger partial charge in [0.15, 0.2) is 0 Å². The Bertz CT molecular complexity index is 952. The van der Waals surface area contributed by atoms with E-state index in [2.05, 4.69) is 94.3 Å². The van der Waals surface area contributed by atoms with Crippen LogP contribution in [0.4, 0.5) is 0 Å². The molecule has 0 fully saturated rings. The summed E-state index contributed by atoms with van der Waals surface area (Å²) in [6, 6.07) is 23.5. The topological polar surface area (TPSA) is 4.93 Å². The van der Waals surface area contributed by atoms with E-state index < -0.39 is 0 Å². The lowest BCUT2D eigenvalue weighted by Gasteiger charge is -2.08. The van der Waals surface area contributed by atoms with Crippen molar-refractivity contribution in [2.24, 2.45) is 7.05 Å². The lowest BCUT2D eigenvalue weighted by atomic mass is 10.0. The van der Waals surface area contributed by atoms with Crippen molar-refractivity contribution < 1.29 is 0 Å². The van der Waals surface area contributed by atoms with Gasteiger partial charge in [0.2, 0.25) is 0 Å². The Kier molecular flexibility index (Phi) is 2.86. The Morgan fingerprint density at radius 2 is 1.52 bits per heavy atom. The van der Waals surface area contributed by atoms with Gasteiger partial charge in [0.1, 0.15) is 0 Å². The number of fused-ring (bicyclic) bond motifs is 3. The number of hydrogen-bond acceptors (Lipinski definition) is 0. The zero-order valence-electron chi connectivity index (χ0n) is 11.7. The van der Waals surface area contributed by atoms with Crippen LogP contribution in [0, 0.1) is 0 Å². The van der Waals surface area contributed by atoms with E-state index in [-0.39, 0.29) is 0 Å². The van der Waals surface area contributed by atoms with Crippen LogP contribution in [0.5, 0.6) is 0 Å². The predicted octanol–water partition coefficient (Wildman–Crippen LogP) is 5.76. The third-order valence-corrected chi connectivity index (χ3v) is 4.51. The zero-order chi connectivity index (χ0) is 14.4. The highest BCUT2D eigenvalue weighted by molar-refractivity contribution is 9.10. The summed E-state index contributed by atoms with van der Waals surface area (Å²) in [4.78, 5) is 0. The third-order valence-electron chi connectivity index (χ3n) is 4.05. The van der Waals surface area contributed by atoms with Crippen LogP contribution in [0.2, 0.25) is 0 Å². The average Bonchev–Trinajstić information content (AvgIpc) is 2.81. The molecule has 1 nitrogen and oxygen atoms in total. The molecule has 21 heavy (non-hydrogen) atoms. The highest BCUT2D eigenvalue weighted by atomic mass is 79.9. The van der Waals surface area contributed by atoms with E-state index in [0.717, 1.165) is 4.47 Å². The van der Waals surface area contributed by atoms with Crippen molar-refractivity contribution in [1.82, 2.24) is 4.57 Å². The Morgan fingerprint density at radius 3 is 2.33 bits per heavy atom. The monoisotopic (exact) mass is 335 g/mol. The maximum Gasteiger partial charge on any atom is 0.0569 e. The smallest absolute Gasteiger partial charge is 0.0569 e. The molecule has 0 spiro atoms. The number of aryl methyl sites for hydroxylation is 1. The van der Waals surface area contributed by atoms with Gasteiger partial charge < -0.3 is 4.57 Å². The fourth-order valence-corrected chi connectivity index (χ4v) is 3.58. The fourth-order valence-electron chi connectivity index (χ4n) is 3.12. The van der Waals surface area contributed by atoms with Crippen LogP contribution < -0.4 is 0 Å². The number of hydrogen-bond donors (Lipinski definition) is 0. The zero-order valence-corrected chi connectivity index (χ0v) is 13.3. The van der Waals surface area contributed by atoms with Crippen LogP contribution in [0.15, 0.2) is 71.2 Å². The van der Waals surface area contributed by atoms with E-state index in [1.165, 1.54) is 32.9 Å². The van der Waals surface area contributed by atoms with Crippen LogP contribution >= 0.6 is 15.9 Å². The molecule has 0 saturated heterocycles. The molecule has 3 aromatic carbocycles. The Labute approximate surface area is 132 Å². The number of nitrogens with zero attached hydrogens (tertiary/aromatic N) is 1. The van der Waals surface area contributed by atoms with Crippen LogP contribution in [0.3, 0.4) is 0 Å². The second kappa shape index (κ2) is 4.74. The highest BCUT2D eigenvalue weighted by Crippen LogP contribution is 2.37. The summed E-state index contributed by atoms with van der Waals surface area (Å²) in [7, 11) is 2.14. The maximum absolute atomic E-state index is 3.67. The number of benzene rings is 3. The fraction of sp³-hybridized carbons (Fsp3) is 0.0526. The third kappa shape index (κ3) is 1.90. The lowest BCUT2D eigenvalue weighted by Crippen LogP contribution is -1.90. The van der Waals surface area contributed by atoms with E-state index in [0.29, 0.717) is 0 Å². The second-order valence-corrected chi connectivity index (χ2v) is 6.21. The SMILES string of the molecule is Cn1c2ccccc2c2cc(Br)cc(-c3ccccc3)c21. The molecule has 0 aliphatic rings. The van der Waals surface area contributed by atoms with Crippen molar-refractivity contribution in [3.8, 4) is 11.1 Å². The Balaban J connectivity index is 2.22. The summed E-state index contributed by atoms with van der Waals surface area (Å²) < 4.78 is 3.41. The first-order valence-corrected chi connectivity index (χ1v) is 7.77. The summed E-state index contributed by atoms with van der Waals surface area (Å²) >= 11 is 3.67. The molecular formula is C19H14BrN. The molecule has 0 bridgehead atoms. The van der Waals surface area contributed by atoms with Crippen LogP contribution in [-0.4, -0.2) is 4.57 Å². The molecule has 0 saturated carbocycles. The molecule has 2 heteroatoms. The molecule has 102 valence electrons. The second-order valence-electron chi connectivity index (χ2n) is 5.29. The Morgan fingerprint density at radius 1 is 0.810 bits per heavy atom. The lowest BCUT2D eigenvalue weighted by molar-refractivity contribution is 1.01. The first-order valence-electron chi connectivity index (χ1n) is 6.98. The molecule has 4 rings (SSSR count). The molecule has 1 heterocycles. The van der Waals surface area contributed by atoms with E-state index in [1.54, 1.807) is 0 Å². The number of para-hydroxylation sites is 1. The first kappa shape index (κ1) is 12.7. The van der Waals surface area contributed by atoms with E-state index in [1.807, 2.05) is 0 Å². The van der Waals surface area contributed by atoms with Gasteiger partial charge >= 0.3 is 0 Å². The van der Waals surface area contributed by atoms with E-state index in [9.17, 15) is 0 Å². The maximum atomic E-state index is 3.67. The standard InChI is InChI=1S/C19H14BrN/c1-21-18-10-6-5-9-15(18)17-12-14(20)11-16(19(17)21)13-7-3-2-4-8-13/h2-12H,1H3.